The van der Waals surface area contributed by atoms with Gasteiger partial charge in [-0.3, -0.25) is 14.4 Å². The van der Waals surface area contributed by atoms with Crippen LogP contribution >= 0.6 is 11.6 Å². The lowest BCUT2D eigenvalue weighted by Crippen LogP contribution is -2.32. The molecule has 42 heavy (non-hydrogen) atoms. The number of pyridine rings is 1. The molecule has 1 unspecified atom stereocenters. The number of hydrogen-bond acceptors (Lipinski definition) is 6. The van der Waals surface area contributed by atoms with Crippen LogP contribution in [-0.4, -0.2) is 41.4 Å². The first-order valence-corrected chi connectivity index (χ1v) is 14.7. The van der Waals surface area contributed by atoms with Gasteiger partial charge in [-0.25, -0.2) is 4.79 Å². The molecule has 0 radical (unpaired) electrons. The number of esters is 1. The van der Waals surface area contributed by atoms with E-state index < -0.39 is 17.6 Å². The van der Waals surface area contributed by atoms with Crippen LogP contribution in [-0.2, 0) is 27.1 Å². The Hall–Kier alpha value is -3.55. The summed E-state index contributed by atoms with van der Waals surface area (Å²) in [5.41, 5.74) is 2.90. The summed E-state index contributed by atoms with van der Waals surface area (Å²) in [5, 5.41) is 0.535. The number of ketones is 2. The Kier molecular flexibility index (Phi) is 8.28. The van der Waals surface area contributed by atoms with Crippen LogP contribution < -0.4 is 5.56 Å². The standard InChI is InChI=1S/C34H36ClNO6/c1-33(2,3)42-32(40)22-7-5-21(6-8-22)15-29(37)28(11-14-41-4)36-20-27-26(17-31(36)39)25-16-24(35)10-9-23(25)18-34(12-13-34)19-30(27)38/h5-10,16-17,20,28H,11-15,18-19H2,1-4H3. The number of halogens is 1. The molecule has 220 valence electrons. The van der Waals surface area contributed by atoms with Crippen molar-refractivity contribution in [2.45, 2.75) is 70.9 Å². The molecule has 1 saturated carbocycles. The fourth-order valence-electron chi connectivity index (χ4n) is 5.72. The van der Waals surface area contributed by atoms with Crippen LogP contribution in [0.5, 0.6) is 0 Å². The van der Waals surface area contributed by atoms with Crippen molar-refractivity contribution in [1.82, 2.24) is 4.57 Å². The van der Waals surface area contributed by atoms with Crippen molar-refractivity contribution in [3.05, 3.63) is 92.4 Å². The second-order valence-electron chi connectivity index (χ2n) is 12.6. The van der Waals surface area contributed by atoms with Gasteiger partial charge in [0.25, 0.3) is 5.56 Å². The maximum Gasteiger partial charge on any atom is 0.338 e. The monoisotopic (exact) mass is 589 g/mol. The SMILES string of the molecule is COCCC(C(=O)Cc1ccc(C(=O)OC(C)(C)C)cc1)n1cc2c(cc1=O)-c1cc(Cl)ccc1CC1(CC1)CC2=O. The predicted octanol–water partition coefficient (Wildman–Crippen LogP) is 6.42. The summed E-state index contributed by atoms with van der Waals surface area (Å²) in [6, 6.07) is 13.0. The highest BCUT2D eigenvalue weighted by Gasteiger charge is 2.46. The minimum absolute atomic E-state index is 0.0300. The van der Waals surface area contributed by atoms with Crippen molar-refractivity contribution < 1.29 is 23.9 Å². The van der Waals surface area contributed by atoms with Crippen molar-refractivity contribution >= 4 is 29.1 Å². The van der Waals surface area contributed by atoms with Crippen LogP contribution in [0.15, 0.2) is 59.5 Å². The largest absolute Gasteiger partial charge is 0.456 e. The maximum absolute atomic E-state index is 13.7. The van der Waals surface area contributed by atoms with Gasteiger partial charge in [0.1, 0.15) is 5.60 Å². The number of benzene rings is 2. The molecule has 2 aliphatic rings. The molecule has 1 fully saturated rings. The van der Waals surface area contributed by atoms with Gasteiger partial charge < -0.3 is 14.0 Å². The maximum atomic E-state index is 13.7. The molecule has 1 spiro atoms. The molecule has 8 heteroatoms. The molecule has 1 atom stereocenters. The summed E-state index contributed by atoms with van der Waals surface area (Å²) in [6.45, 7) is 5.66. The lowest BCUT2D eigenvalue weighted by Gasteiger charge is -2.25. The zero-order chi connectivity index (χ0) is 30.2. The van der Waals surface area contributed by atoms with E-state index in [0.717, 1.165) is 30.4 Å². The number of aromatic nitrogens is 1. The predicted molar refractivity (Wildman–Crippen MR) is 161 cm³/mol. The van der Waals surface area contributed by atoms with Gasteiger partial charge in [-0.2, -0.15) is 0 Å². The van der Waals surface area contributed by atoms with E-state index in [9.17, 15) is 19.2 Å². The number of ether oxygens (including phenoxy) is 2. The Morgan fingerprint density at radius 2 is 1.69 bits per heavy atom. The van der Waals surface area contributed by atoms with Crippen molar-refractivity contribution in [2.24, 2.45) is 5.41 Å². The van der Waals surface area contributed by atoms with Crippen LogP contribution in [0.25, 0.3) is 11.1 Å². The summed E-state index contributed by atoms with van der Waals surface area (Å²) in [4.78, 5) is 53.3. The first kappa shape index (κ1) is 29.9. The van der Waals surface area contributed by atoms with Crippen LogP contribution in [0.1, 0.15) is 84.3 Å². The Labute approximate surface area is 250 Å². The summed E-state index contributed by atoms with van der Waals surface area (Å²) < 4.78 is 12.1. The Morgan fingerprint density at radius 1 is 0.976 bits per heavy atom. The average molecular weight is 590 g/mol. The Bertz CT molecular complexity index is 1590. The fourth-order valence-corrected chi connectivity index (χ4v) is 5.89. The molecule has 2 aromatic carbocycles. The second-order valence-corrected chi connectivity index (χ2v) is 13.0. The molecule has 7 nitrogen and oxygen atoms in total. The van der Waals surface area contributed by atoms with Gasteiger partial charge in [0.2, 0.25) is 0 Å². The molecule has 3 aromatic rings. The third-order valence-electron chi connectivity index (χ3n) is 8.07. The molecule has 2 aliphatic carbocycles. The second kappa shape index (κ2) is 11.6. The number of fused-ring (bicyclic) bond motifs is 3. The summed E-state index contributed by atoms with van der Waals surface area (Å²) >= 11 is 6.36. The van der Waals surface area contributed by atoms with E-state index in [1.54, 1.807) is 58.3 Å². The highest BCUT2D eigenvalue weighted by atomic mass is 35.5. The summed E-state index contributed by atoms with van der Waals surface area (Å²) in [5.74, 6) is -0.664. The smallest absolute Gasteiger partial charge is 0.338 e. The molecular formula is C34H36ClNO6. The fraction of sp³-hybridized carbons (Fsp3) is 0.412. The normalized spacial score (nSPS) is 16.2. The van der Waals surface area contributed by atoms with E-state index in [1.165, 1.54) is 10.6 Å². The van der Waals surface area contributed by atoms with Crippen molar-refractivity contribution in [1.29, 1.82) is 0 Å². The molecular weight excluding hydrogens is 554 g/mol. The van der Waals surface area contributed by atoms with Crippen molar-refractivity contribution in [3.8, 4) is 11.1 Å². The van der Waals surface area contributed by atoms with Gasteiger partial charge in [-0.1, -0.05) is 29.8 Å². The van der Waals surface area contributed by atoms with Gasteiger partial charge in [-0.05, 0) is 98.4 Å². The van der Waals surface area contributed by atoms with Crippen LogP contribution in [0, 0.1) is 5.41 Å². The zero-order valence-corrected chi connectivity index (χ0v) is 25.3. The van der Waals surface area contributed by atoms with E-state index in [-0.39, 0.29) is 42.0 Å². The number of nitrogens with zero attached hydrogens (tertiary/aromatic N) is 1. The molecule has 1 heterocycles. The number of carbonyl (C=O) groups excluding carboxylic acids is 3. The first-order chi connectivity index (χ1) is 19.9. The Morgan fingerprint density at radius 3 is 2.33 bits per heavy atom. The Balaban J connectivity index is 1.48. The number of methoxy groups -OCH3 is 1. The van der Waals surface area contributed by atoms with E-state index in [2.05, 4.69) is 0 Å². The van der Waals surface area contributed by atoms with Gasteiger partial charge in [0.05, 0.1) is 11.6 Å². The van der Waals surface area contributed by atoms with Gasteiger partial charge >= 0.3 is 5.97 Å². The number of rotatable bonds is 8. The highest BCUT2D eigenvalue weighted by Crippen LogP contribution is 2.54. The van der Waals surface area contributed by atoms with Crippen LogP contribution in [0.2, 0.25) is 5.02 Å². The third kappa shape index (κ3) is 6.58. The summed E-state index contributed by atoms with van der Waals surface area (Å²) in [7, 11) is 1.54. The molecule has 0 amide bonds. The molecule has 0 aliphatic heterocycles. The van der Waals surface area contributed by atoms with E-state index in [4.69, 9.17) is 21.1 Å². The van der Waals surface area contributed by atoms with Gasteiger partial charge in [-0.15, -0.1) is 0 Å². The minimum atomic E-state index is -0.833. The van der Waals surface area contributed by atoms with Crippen molar-refractivity contribution in [3.63, 3.8) is 0 Å². The lowest BCUT2D eigenvalue weighted by atomic mass is 9.81. The molecule has 1 aromatic heterocycles. The number of hydrogen-bond donors (Lipinski definition) is 0. The third-order valence-corrected chi connectivity index (χ3v) is 8.31. The van der Waals surface area contributed by atoms with Crippen molar-refractivity contribution in [2.75, 3.05) is 13.7 Å². The highest BCUT2D eigenvalue weighted by molar-refractivity contribution is 6.31. The topological polar surface area (TPSA) is 91.7 Å². The van der Waals surface area contributed by atoms with Crippen LogP contribution in [0.4, 0.5) is 0 Å². The van der Waals surface area contributed by atoms with Gasteiger partial charge in [0.15, 0.2) is 11.6 Å². The van der Waals surface area contributed by atoms with Gasteiger partial charge in [0, 0.05) is 49.4 Å². The van der Waals surface area contributed by atoms with E-state index in [1.807, 2.05) is 18.2 Å². The minimum Gasteiger partial charge on any atom is -0.456 e. The molecule has 0 saturated heterocycles. The molecule has 5 rings (SSSR count). The quantitative estimate of drug-likeness (QED) is 0.281. The van der Waals surface area contributed by atoms with E-state index in [0.29, 0.717) is 33.7 Å². The number of carbonyl (C=O) groups is 3. The summed E-state index contributed by atoms with van der Waals surface area (Å²) in [6.07, 6.45) is 5.02. The molecule has 0 N–H and O–H groups in total. The number of Topliss-reactive ketones (excluding diaryl/α,β-unsaturated/α-hetero) is 2. The van der Waals surface area contributed by atoms with E-state index >= 15 is 0 Å². The average Bonchev–Trinajstić information content (AvgIpc) is 3.68. The zero-order valence-electron chi connectivity index (χ0n) is 24.5. The van der Waals surface area contributed by atoms with Crippen LogP contribution in [0.3, 0.4) is 0 Å². The molecule has 0 bridgehead atoms. The first-order valence-electron chi connectivity index (χ1n) is 14.3. The lowest BCUT2D eigenvalue weighted by molar-refractivity contribution is -0.122.